The largest absolute Gasteiger partial charge is 0.493 e. The Morgan fingerprint density at radius 1 is 1.04 bits per heavy atom. The molecule has 2 aromatic carbocycles. The Kier molecular flexibility index (Phi) is 6.45. The molecule has 1 saturated heterocycles. The van der Waals surface area contributed by atoms with Crippen molar-refractivity contribution in [2.45, 2.75) is 19.3 Å². The van der Waals surface area contributed by atoms with Crippen LogP contribution in [0.3, 0.4) is 0 Å². The third-order valence-electron chi connectivity index (χ3n) is 5.25. The average Bonchev–Trinajstić information content (AvgIpc) is 2.72. The molecule has 0 saturated carbocycles. The minimum absolute atomic E-state index is 0.0350. The van der Waals surface area contributed by atoms with E-state index in [1.807, 2.05) is 12.1 Å². The number of hydrogen-bond acceptors (Lipinski definition) is 4. The molecule has 3 rings (SSSR count). The summed E-state index contributed by atoms with van der Waals surface area (Å²) in [6, 6.07) is 11.9. The van der Waals surface area contributed by atoms with Crippen molar-refractivity contribution in [2.75, 3.05) is 33.9 Å². The van der Waals surface area contributed by atoms with Gasteiger partial charge in [-0.05, 0) is 74.3 Å². The van der Waals surface area contributed by atoms with Crippen LogP contribution in [-0.4, -0.2) is 44.5 Å². The van der Waals surface area contributed by atoms with Crippen molar-refractivity contribution in [3.05, 3.63) is 59.4 Å². The summed E-state index contributed by atoms with van der Waals surface area (Å²) in [5.74, 6) is 1.35. The molecule has 1 aliphatic heterocycles. The SMILES string of the molecule is COc1ccc(CCN2CCC(C(=O)c3ccc(F)cc3)CC2)cc1OC. The quantitative estimate of drug-likeness (QED) is 0.690. The molecule has 0 bridgehead atoms. The van der Waals surface area contributed by atoms with Crippen LogP contribution >= 0.6 is 0 Å². The molecule has 0 aliphatic carbocycles. The van der Waals surface area contributed by atoms with Crippen LogP contribution in [0.15, 0.2) is 42.5 Å². The lowest BCUT2D eigenvalue weighted by atomic mass is 9.89. The number of Topliss-reactive ketones (excluding diaryl/α,β-unsaturated/α-hetero) is 1. The van der Waals surface area contributed by atoms with Gasteiger partial charge in [-0.25, -0.2) is 4.39 Å². The van der Waals surface area contributed by atoms with Crippen LogP contribution in [0.25, 0.3) is 0 Å². The van der Waals surface area contributed by atoms with E-state index in [1.165, 1.54) is 17.7 Å². The lowest BCUT2D eigenvalue weighted by Gasteiger charge is -2.31. The molecule has 0 spiro atoms. The fourth-order valence-electron chi connectivity index (χ4n) is 3.59. The van der Waals surface area contributed by atoms with E-state index in [9.17, 15) is 9.18 Å². The summed E-state index contributed by atoms with van der Waals surface area (Å²) < 4.78 is 23.7. The number of methoxy groups -OCH3 is 2. The number of carbonyl (C=O) groups is 1. The molecule has 144 valence electrons. The van der Waals surface area contributed by atoms with Crippen molar-refractivity contribution in [3.63, 3.8) is 0 Å². The molecular weight excluding hydrogens is 345 g/mol. The Labute approximate surface area is 159 Å². The second-order valence-electron chi connectivity index (χ2n) is 6.93. The van der Waals surface area contributed by atoms with Crippen LogP contribution in [0, 0.1) is 11.7 Å². The Morgan fingerprint density at radius 2 is 1.70 bits per heavy atom. The molecule has 0 amide bonds. The number of piperidine rings is 1. The smallest absolute Gasteiger partial charge is 0.166 e. The summed E-state index contributed by atoms with van der Waals surface area (Å²) in [6.07, 6.45) is 2.63. The fourth-order valence-corrected chi connectivity index (χ4v) is 3.59. The number of ether oxygens (including phenoxy) is 2. The van der Waals surface area contributed by atoms with Gasteiger partial charge in [0.05, 0.1) is 14.2 Å². The number of rotatable bonds is 7. The van der Waals surface area contributed by atoms with Gasteiger partial charge < -0.3 is 14.4 Å². The normalized spacial score (nSPS) is 15.5. The third kappa shape index (κ3) is 4.86. The first-order valence-electron chi connectivity index (χ1n) is 9.33. The molecule has 0 N–H and O–H groups in total. The summed E-state index contributed by atoms with van der Waals surface area (Å²) >= 11 is 0. The van der Waals surface area contributed by atoms with Crippen LogP contribution in [0.4, 0.5) is 4.39 Å². The van der Waals surface area contributed by atoms with Crippen molar-refractivity contribution >= 4 is 5.78 Å². The number of benzene rings is 2. The number of ketones is 1. The number of carbonyl (C=O) groups excluding carboxylic acids is 1. The van der Waals surface area contributed by atoms with E-state index >= 15 is 0 Å². The highest BCUT2D eigenvalue weighted by molar-refractivity contribution is 5.97. The van der Waals surface area contributed by atoms with Crippen LogP contribution < -0.4 is 9.47 Å². The lowest BCUT2D eigenvalue weighted by molar-refractivity contribution is 0.0841. The van der Waals surface area contributed by atoms with Gasteiger partial charge in [-0.3, -0.25) is 4.79 Å². The standard InChI is InChI=1S/C22H26FNO3/c1-26-20-8-3-16(15-21(20)27-2)9-12-24-13-10-18(11-14-24)22(25)17-4-6-19(23)7-5-17/h3-8,15,18H,9-14H2,1-2H3. The zero-order valence-electron chi connectivity index (χ0n) is 15.9. The molecule has 5 heteroatoms. The number of halogens is 1. The van der Waals surface area contributed by atoms with Crippen molar-refractivity contribution < 1.29 is 18.7 Å². The molecule has 2 aromatic rings. The molecule has 0 unspecified atom stereocenters. The van der Waals surface area contributed by atoms with Crippen LogP contribution in [0.2, 0.25) is 0 Å². The average molecular weight is 371 g/mol. The van der Waals surface area contributed by atoms with Crippen LogP contribution in [0.5, 0.6) is 11.5 Å². The Balaban J connectivity index is 1.49. The molecule has 4 nitrogen and oxygen atoms in total. The zero-order valence-corrected chi connectivity index (χ0v) is 15.9. The van der Waals surface area contributed by atoms with Gasteiger partial charge in [-0.1, -0.05) is 6.07 Å². The molecule has 0 radical (unpaired) electrons. The Bertz CT molecular complexity index is 768. The topological polar surface area (TPSA) is 38.8 Å². The first-order valence-corrected chi connectivity index (χ1v) is 9.33. The van der Waals surface area contributed by atoms with Crippen molar-refractivity contribution in [3.8, 4) is 11.5 Å². The second-order valence-corrected chi connectivity index (χ2v) is 6.93. The van der Waals surface area contributed by atoms with E-state index in [0.717, 1.165) is 50.4 Å². The Morgan fingerprint density at radius 3 is 2.33 bits per heavy atom. The van der Waals surface area contributed by atoms with E-state index in [4.69, 9.17) is 9.47 Å². The highest BCUT2D eigenvalue weighted by atomic mass is 19.1. The fraction of sp³-hybridized carbons (Fsp3) is 0.409. The zero-order chi connectivity index (χ0) is 19.2. The van der Waals surface area contributed by atoms with Gasteiger partial charge in [0.15, 0.2) is 17.3 Å². The summed E-state index contributed by atoms with van der Waals surface area (Å²) in [4.78, 5) is 15.0. The van der Waals surface area contributed by atoms with Gasteiger partial charge in [-0.2, -0.15) is 0 Å². The maximum absolute atomic E-state index is 13.0. The van der Waals surface area contributed by atoms with E-state index < -0.39 is 0 Å². The van der Waals surface area contributed by atoms with Gasteiger partial charge in [0, 0.05) is 18.0 Å². The molecule has 0 aromatic heterocycles. The summed E-state index contributed by atoms with van der Waals surface area (Å²) in [5, 5.41) is 0. The lowest BCUT2D eigenvalue weighted by Crippen LogP contribution is -2.37. The number of likely N-dealkylation sites (tertiary alicyclic amines) is 1. The maximum atomic E-state index is 13.0. The minimum atomic E-state index is -0.309. The first kappa shape index (κ1) is 19.4. The summed E-state index contributed by atoms with van der Waals surface area (Å²) in [7, 11) is 3.28. The van der Waals surface area contributed by atoms with Gasteiger partial charge in [0.2, 0.25) is 0 Å². The predicted molar refractivity (Wildman–Crippen MR) is 103 cm³/mol. The van der Waals surface area contributed by atoms with E-state index in [-0.39, 0.29) is 17.5 Å². The highest BCUT2D eigenvalue weighted by Gasteiger charge is 2.25. The van der Waals surface area contributed by atoms with Gasteiger partial charge in [-0.15, -0.1) is 0 Å². The number of nitrogens with zero attached hydrogens (tertiary/aromatic N) is 1. The maximum Gasteiger partial charge on any atom is 0.166 e. The highest BCUT2D eigenvalue weighted by Crippen LogP contribution is 2.28. The summed E-state index contributed by atoms with van der Waals surface area (Å²) in [6.45, 7) is 2.77. The molecule has 1 aliphatic rings. The monoisotopic (exact) mass is 371 g/mol. The molecule has 1 fully saturated rings. The number of hydrogen-bond donors (Lipinski definition) is 0. The third-order valence-corrected chi connectivity index (χ3v) is 5.25. The van der Waals surface area contributed by atoms with E-state index in [2.05, 4.69) is 11.0 Å². The van der Waals surface area contributed by atoms with Crippen molar-refractivity contribution in [1.82, 2.24) is 4.90 Å². The van der Waals surface area contributed by atoms with Crippen LogP contribution in [0.1, 0.15) is 28.8 Å². The minimum Gasteiger partial charge on any atom is -0.493 e. The van der Waals surface area contributed by atoms with Crippen LogP contribution in [-0.2, 0) is 6.42 Å². The predicted octanol–water partition coefficient (Wildman–Crippen LogP) is 3.98. The van der Waals surface area contributed by atoms with E-state index in [0.29, 0.717) is 5.56 Å². The molecule has 0 atom stereocenters. The van der Waals surface area contributed by atoms with Gasteiger partial charge in [0.1, 0.15) is 5.82 Å². The molecule has 27 heavy (non-hydrogen) atoms. The molecule has 1 heterocycles. The second kappa shape index (κ2) is 9.00. The summed E-state index contributed by atoms with van der Waals surface area (Å²) in [5.41, 5.74) is 1.82. The Hall–Kier alpha value is -2.40. The van der Waals surface area contributed by atoms with Gasteiger partial charge in [0.25, 0.3) is 0 Å². The van der Waals surface area contributed by atoms with Crippen molar-refractivity contribution in [2.24, 2.45) is 5.92 Å². The molecular formula is C22H26FNO3. The first-order chi connectivity index (χ1) is 13.1. The van der Waals surface area contributed by atoms with Gasteiger partial charge >= 0.3 is 0 Å². The van der Waals surface area contributed by atoms with E-state index in [1.54, 1.807) is 26.4 Å². The van der Waals surface area contributed by atoms with Crippen molar-refractivity contribution in [1.29, 1.82) is 0 Å².